The van der Waals surface area contributed by atoms with E-state index in [9.17, 15) is 4.79 Å². The van der Waals surface area contributed by atoms with Gasteiger partial charge >= 0.3 is 0 Å². The summed E-state index contributed by atoms with van der Waals surface area (Å²) < 4.78 is 0. The van der Waals surface area contributed by atoms with Gasteiger partial charge in [0.1, 0.15) is 0 Å². The van der Waals surface area contributed by atoms with Gasteiger partial charge in [-0.15, -0.1) is 11.3 Å². The summed E-state index contributed by atoms with van der Waals surface area (Å²) in [7, 11) is 0. The highest BCUT2D eigenvalue weighted by Gasteiger charge is 2.12. The second-order valence-electron chi connectivity index (χ2n) is 3.70. The van der Waals surface area contributed by atoms with Crippen LogP contribution in [-0.2, 0) is 0 Å². The van der Waals surface area contributed by atoms with Crippen molar-refractivity contribution in [1.82, 2.24) is 0 Å². The fourth-order valence-corrected chi connectivity index (χ4v) is 2.66. The van der Waals surface area contributed by atoms with E-state index in [0.717, 1.165) is 16.0 Å². The largest absolute Gasteiger partial charge is 0.292 e. The van der Waals surface area contributed by atoms with E-state index in [2.05, 4.69) is 0 Å². The number of carbonyl (C=O) groups is 1. The molecule has 2 rings (SSSR count). The number of nitriles is 1. The Kier molecular flexibility index (Phi) is 3.36. The Labute approximate surface area is 104 Å². The monoisotopic (exact) mass is 241 g/mol. The quantitative estimate of drug-likeness (QED) is 0.766. The zero-order chi connectivity index (χ0) is 12.3. The number of carbonyl (C=O) groups excluding carboxylic acids is 1. The molecule has 2 nitrogen and oxygen atoms in total. The predicted molar refractivity (Wildman–Crippen MR) is 69.1 cm³/mol. The van der Waals surface area contributed by atoms with E-state index in [1.54, 1.807) is 0 Å². The van der Waals surface area contributed by atoms with Crippen molar-refractivity contribution in [1.29, 1.82) is 5.26 Å². The van der Waals surface area contributed by atoms with Gasteiger partial charge in [0, 0.05) is 4.88 Å². The van der Waals surface area contributed by atoms with Crippen LogP contribution >= 0.6 is 11.3 Å². The molecule has 0 aliphatic carbocycles. The molecule has 0 radical (unpaired) electrons. The van der Waals surface area contributed by atoms with Gasteiger partial charge in [-0.3, -0.25) is 4.79 Å². The molecule has 0 atom stereocenters. The van der Waals surface area contributed by atoms with Crippen molar-refractivity contribution in [3.8, 4) is 17.2 Å². The van der Waals surface area contributed by atoms with Gasteiger partial charge in [-0.25, -0.2) is 0 Å². The van der Waals surface area contributed by atoms with Crippen molar-refractivity contribution in [3.63, 3.8) is 0 Å². The third kappa shape index (κ3) is 2.43. The maximum absolute atomic E-state index is 11.6. The zero-order valence-electron chi connectivity index (χ0n) is 9.43. The van der Waals surface area contributed by atoms with Crippen LogP contribution in [0.15, 0.2) is 36.4 Å². The number of Topliss-reactive ketones (excluding diaryl/α,β-unsaturated/α-hetero) is 1. The lowest BCUT2D eigenvalue weighted by atomic mass is 10.1. The highest BCUT2D eigenvalue weighted by molar-refractivity contribution is 7.14. The molecule has 2 aromatic rings. The second-order valence-corrected chi connectivity index (χ2v) is 4.96. The average Bonchev–Trinajstić information content (AvgIpc) is 2.73. The average molecular weight is 241 g/mol. The van der Waals surface area contributed by atoms with E-state index in [1.165, 1.54) is 11.3 Å². The van der Waals surface area contributed by atoms with Crippen LogP contribution in [0.5, 0.6) is 0 Å². The number of ketones is 1. The van der Waals surface area contributed by atoms with Crippen LogP contribution in [0.1, 0.15) is 21.0 Å². The van der Waals surface area contributed by atoms with Gasteiger partial charge in [-0.1, -0.05) is 30.3 Å². The Morgan fingerprint density at radius 1 is 1.35 bits per heavy atom. The van der Waals surface area contributed by atoms with Gasteiger partial charge in [0.15, 0.2) is 5.78 Å². The van der Waals surface area contributed by atoms with Gasteiger partial charge in [-0.2, -0.15) is 5.26 Å². The molecule has 0 saturated heterocycles. The first kappa shape index (κ1) is 11.6. The summed E-state index contributed by atoms with van der Waals surface area (Å²) in [4.78, 5) is 13.4. The lowest BCUT2D eigenvalue weighted by Gasteiger charge is -1.97. The van der Waals surface area contributed by atoms with E-state index in [1.807, 2.05) is 49.4 Å². The Morgan fingerprint density at radius 3 is 2.71 bits per heavy atom. The Balaban J connectivity index is 2.39. The first-order valence-electron chi connectivity index (χ1n) is 5.28. The van der Waals surface area contributed by atoms with E-state index in [0.29, 0.717) is 4.88 Å². The van der Waals surface area contributed by atoms with E-state index >= 15 is 0 Å². The van der Waals surface area contributed by atoms with Crippen molar-refractivity contribution >= 4 is 17.1 Å². The summed E-state index contributed by atoms with van der Waals surface area (Å²) in [5, 5.41) is 8.52. The fourth-order valence-electron chi connectivity index (χ4n) is 1.68. The van der Waals surface area contributed by atoms with Crippen LogP contribution in [0.4, 0.5) is 0 Å². The molecule has 0 bridgehead atoms. The fraction of sp³-hybridized carbons (Fsp3) is 0.143. The summed E-state index contributed by atoms with van der Waals surface area (Å²) in [5.74, 6) is -0.0946. The van der Waals surface area contributed by atoms with Crippen molar-refractivity contribution in [3.05, 3.63) is 46.2 Å². The Hall–Kier alpha value is -1.92. The molecule has 84 valence electrons. The van der Waals surface area contributed by atoms with Crippen molar-refractivity contribution in [2.45, 2.75) is 13.3 Å². The molecule has 0 aliphatic heterocycles. The van der Waals surface area contributed by atoms with E-state index < -0.39 is 0 Å². The Bertz CT molecular complexity index is 578. The summed E-state index contributed by atoms with van der Waals surface area (Å²) in [6.07, 6.45) is -0.0474. The standard InChI is InChI=1S/C14H11NOS/c1-10-12(11-5-3-2-4-6-11)9-14(17-10)13(16)7-8-15/h2-6,9H,7H2,1H3. The number of thiophene rings is 1. The minimum atomic E-state index is -0.0946. The zero-order valence-corrected chi connectivity index (χ0v) is 10.3. The number of benzene rings is 1. The van der Waals surface area contributed by atoms with Crippen molar-refractivity contribution in [2.75, 3.05) is 0 Å². The molecule has 0 saturated carbocycles. The van der Waals surface area contributed by atoms with Crippen LogP contribution in [0.25, 0.3) is 11.1 Å². The highest BCUT2D eigenvalue weighted by atomic mass is 32.1. The van der Waals surface area contributed by atoms with Crippen molar-refractivity contribution in [2.24, 2.45) is 0 Å². The number of aryl methyl sites for hydroxylation is 1. The summed E-state index contributed by atoms with van der Waals surface area (Å²) in [6.45, 7) is 2.00. The third-order valence-corrected chi connectivity index (χ3v) is 3.61. The molecule has 1 aromatic heterocycles. The van der Waals surface area contributed by atoms with Gasteiger partial charge in [-0.05, 0) is 24.1 Å². The SMILES string of the molecule is Cc1sc(C(=O)CC#N)cc1-c1ccccc1. The first-order valence-corrected chi connectivity index (χ1v) is 6.10. The van der Waals surface area contributed by atoms with Crippen LogP contribution in [0.3, 0.4) is 0 Å². The number of hydrogen-bond acceptors (Lipinski definition) is 3. The normalized spacial score (nSPS) is 9.88. The molecular weight excluding hydrogens is 230 g/mol. The van der Waals surface area contributed by atoms with Crippen molar-refractivity contribution < 1.29 is 4.79 Å². The molecule has 0 spiro atoms. The van der Waals surface area contributed by atoms with Crippen LogP contribution < -0.4 is 0 Å². The maximum atomic E-state index is 11.6. The lowest BCUT2D eigenvalue weighted by molar-refractivity contribution is 0.100. The van der Waals surface area contributed by atoms with Gasteiger partial charge in [0.05, 0.1) is 17.4 Å². The first-order chi connectivity index (χ1) is 8.22. The molecule has 1 aromatic carbocycles. The molecule has 0 aliphatic rings. The van der Waals surface area contributed by atoms with Gasteiger partial charge in [0.25, 0.3) is 0 Å². The molecular formula is C14H11NOS. The smallest absolute Gasteiger partial charge is 0.186 e. The number of nitrogens with zero attached hydrogens (tertiary/aromatic N) is 1. The molecule has 17 heavy (non-hydrogen) atoms. The molecule has 0 fully saturated rings. The number of hydrogen-bond donors (Lipinski definition) is 0. The molecule has 0 N–H and O–H groups in total. The second kappa shape index (κ2) is 4.94. The minimum absolute atomic E-state index is 0.0474. The van der Waals surface area contributed by atoms with Crippen LogP contribution in [0, 0.1) is 18.3 Å². The van der Waals surface area contributed by atoms with Crippen LogP contribution in [0.2, 0.25) is 0 Å². The number of rotatable bonds is 3. The molecule has 3 heteroatoms. The third-order valence-electron chi connectivity index (χ3n) is 2.52. The maximum Gasteiger partial charge on any atom is 0.186 e. The summed E-state index contributed by atoms with van der Waals surface area (Å²) >= 11 is 1.46. The van der Waals surface area contributed by atoms with Gasteiger partial charge in [0.2, 0.25) is 0 Å². The molecule has 0 unspecified atom stereocenters. The minimum Gasteiger partial charge on any atom is -0.292 e. The topological polar surface area (TPSA) is 40.9 Å². The lowest BCUT2D eigenvalue weighted by Crippen LogP contribution is -1.92. The van der Waals surface area contributed by atoms with E-state index in [-0.39, 0.29) is 12.2 Å². The predicted octanol–water partition coefficient (Wildman–Crippen LogP) is 3.82. The summed E-state index contributed by atoms with van der Waals surface area (Å²) in [5.41, 5.74) is 2.19. The summed E-state index contributed by atoms with van der Waals surface area (Å²) in [6, 6.07) is 13.7. The molecule has 0 amide bonds. The Morgan fingerprint density at radius 2 is 2.06 bits per heavy atom. The highest BCUT2D eigenvalue weighted by Crippen LogP contribution is 2.31. The van der Waals surface area contributed by atoms with E-state index in [4.69, 9.17) is 5.26 Å². The van der Waals surface area contributed by atoms with Crippen LogP contribution in [-0.4, -0.2) is 5.78 Å². The van der Waals surface area contributed by atoms with Gasteiger partial charge < -0.3 is 0 Å². The molecule has 1 heterocycles.